The molecule has 1 aliphatic heterocycles. The van der Waals surface area contributed by atoms with Crippen LogP contribution in [0.3, 0.4) is 0 Å². The number of hydrogen-bond acceptors (Lipinski definition) is 1. The number of hydrogen-bond donors (Lipinski definition) is 0. The molecule has 1 heterocycles. The summed E-state index contributed by atoms with van der Waals surface area (Å²) in [5.74, 6) is 0. The van der Waals surface area contributed by atoms with Gasteiger partial charge in [0.1, 0.15) is 0 Å². The van der Waals surface area contributed by atoms with E-state index in [2.05, 4.69) is 87.5 Å². The Morgan fingerprint density at radius 2 is 1.03 bits per heavy atom. The van der Waals surface area contributed by atoms with E-state index < -0.39 is 7.14 Å². The lowest BCUT2D eigenvalue weighted by molar-refractivity contribution is 0.593. The molecule has 0 spiro atoms. The van der Waals surface area contributed by atoms with Crippen molar-refractivity contribution < 1.29 is 4.57 Å². The molecule has 0 amide bonds. The maximum atomic E-state index is 15.2. The smallest absolute Gasteiger partial charge is 0.172 e. The average molecular weight is 420 g/mol. The molecule has 0 radical (unpaired) electrons. The highest BCUT2D eigenvalue weighted by Crippen LogP contribution is 2.65. The maximum absolute atomic E-state index is 15.2. The van der Waals surface area contributed by atoms with Gasteiger partial charge in [-0.15, -0.1) is 0 Å². The first-order valence-electron chi connectivity index (χ1n) is 10.6. The van der Waals surface area contributed by atoms with Crippen LogP contribution in [0.1, 0.15) is 33.4 Å². The number of aryl methyl sites for hydroxylation is 3. The quantitative estimate of drug-likeness (QED) is 0.331. The van der Waals surface area contributed by atoms with Crippen LogP contribution in [0, 0.1) is 20.8 Å². The lowest BCUT2D eigenvalue weighted by atomic mass is 9.95. The molecule has 0 bridgehead atoms. The van der Waals surface area contributed by atoms with Gasteiger partial charge in [0.2, 0.25) is 0 Å². The van der Waals surface area contributed by atoms with E-state index in [1.165, 1.54) is 16.7 Å². The SMILES string of the molecule is Cc1ccc(C2=C(c3ccc(C)cc3)P(=O)(c3ccc(C)cc3)c3ccccc32)cc1. The van der Waals surface area contributed by atoms with Crippen LogP contribution in [0.4, 0.5) is 0 Å². The fraction of sp³-hybridized carbons (Fsp3) is 0.103. The number of rotatable bonds is 3. The van der Waals surface area contributed by atoms with Gasteiger partial charge in [-0.2, -0.15) is 0 Å². The molecular weight excluding hydrogens is 395 g/mol. The van der Waals surface area contributed by atoms with E-state index >= 15 is 4.57 Å². The zero-order valence-electron chi connectivity index (χ0n) is 18.1. The highest BCUT2D eigenvalue weighted by molar-refractivity contribution is 7.88. The van der Waals surface area contributed by atoms with Crippen molar-refractivity contribution in [1.82, 2.24) is 0 Å². The van der Waals surface area contributed by atoms with Crippen molar-refractivity contribution in [2.24, 2.45) is 0 Å². The Balaban J connectivity index is 1.90. The highest BCUT2D eigenvalue weighted by atomic mass is 31.2. The van der Waals surface area contributed by atoms with Crippen molar-refractivity contribution in [3.8, 4) is 0 Å². The summed E-state index contributed by atoms with van der Waals surface area (Å²) in [6.07, 6.45) is 0. The van der Waals surface area contributed by atoms with E-state index in [0.29, 0.717) is 0 Å². The van der Waals surface area contributed by atoms with Crippen molar-refractivity contribution in [3.05, 3.63) is 130 Å². The lowest BCUT2D eigenvalue weighted by Gasteiger charge is -2.20. The molecule has 1 atom stereocenters. The van der Waals surface area contributed by atoms with Gasteiger partial charge in [0.15, 0.2) is 7.14 Å². The summed E-state index contributed by atoms with van der Waals surface area (Å²) in [4.78, 5) is 0. The van der Waals surface area contributed by atoms with E-state index in [-0.39, 0.29) is 0 Å². The van der Waals surface area contributed by atoms with Crippen molar-refractivity contribution in [1.29, 1.82) is 0 Å². The molecule has 31 heavy (non-hydrogen) atoms. The standard InChI is InChI=1S/C29H25OP/c1-20-8-14-23(15-9-20)28-26-6-4-5-7-27(26)31(30,25-18-12-22(3)13-19-25)29(28)24-16-10-21(2)11-17-24/h4-19H,1-3H3. The van der Waals surface area contributed by atoms with Gasteiger partial charge in [-0.1, -0.05) is 114 Å². The molecule has 1 unspecified atom stereocenters. The van der Waals surface area contributed by atoms with Gasteiger partial charge in [0, 0.05) is 21.5 Å². The highest BCUT2D eigenvalue weighted by Gasteiger charge is 2.43. The average Bonchev–Trinajstić information content (AvgIpc) is 3.05. The van der Waals surface area contributed by atoms with Gasteiger partial charge < -0.3 is 4.57 Å². The Hall–Kier alpha value is -3.15. The third-order valence-corrected chi connectivity index (χ3v) is 9.33. The molecule has 1 aliphatic rings. The second-order valence-electron chi connectivity index (χ2n) is 8.42. The van der Waals surface area contributed by atoms with E-state index in [9.17, 15) is 0 Å². The van der Waals surface area contributed by atoms with Gasteiger partial charge in [-0.05, 0) is 37.5 Å². The molecule has 2 heteroatoms. The molecule has 0 N–H and O–H groups in total. The van der Waals surface area contributed by atoms with Gasteiger partial charge >= 0.3 is 0 Å². The van der Waals surface area contributed by atoms with Crippen LogP contribution in [0.5, 0.6) is 0 Å². The topological polar surface area (TPSA) is 17.1 Å². The van der Waals surface area contributed by atoms with Crippen LogP contribution in [-0.2, 0) is 4.57 Å². The van der Waals surface area contributed by atoms with E-state index in [0.717, 1.165) is 38.2 Å². The first kappa shape index (κ1) is 19.8. The van der Waals surface area contributed by atoms with Crippen LogP contribution in [0.25, 0.3) is 10.9 Å². The fourth-order valence-corrected chi connectivity index (χ4v) is 7.68. The fourth-order valence-electron chi connectivity index (χ4n) is 4.44. The van der Waals surface area contributed by atoms with Crippen molar-refractivity contribution in [3.63, 3.8) is 0 Å². The molecule has 0 saturated carbocycles. The summed E-state index contributed by atoms with van der Waals surface area (Å²) < 4.78 is 15.2. The van der Waals surface area contributed by atoms with Crippen LogP contribution < -0.4 is 10.6 Å². The van der Waals surface area contributed by atoms with Crippen LogP contribution >= 0.6 is 7.14 Å². The zero-order valence-corrected chi connectivity index (χ0v) is 19.0. The van der Waals surface area contributed by atoms with Gasteiger partial charge in [0.05, 0.1) is 0 Å². The predicted molar refractivity (Wildman–Crippen MR) is 133 cm³/mol. The zero-order chi connectivity index (χ0) is 21.6. The molecular formula is C29H25OP. The van der Waals surface area contributed by atoms with Gasteiger partial charge in [-0.3, -0.25) is 0 Å². The molecule has 1 nitrogen and oxygen atoms in total. The maximum Gasteiger partial charge on any atom is 0.172 e. The predicted octanol–water partition coefficient (Wildman–Crippen LogP) is 6.86. The summed E-state index contributed by atoms with van der Waals surface area (Å²) >= 11 is 0. The largest absolute Gasteiger partial charge is 0.309 e. The van der Waals surface area contributed by atoms with Crippen LogP contribution in [0.15, 0.2) is 97.1 Å². The third kappa shape index (κ3) is 3.21. The first-order valence-corrected chi connectivity index (χ1v) is 12.4. The Kier molecular flexibility index (Phi) is 4.80. The molecule has 5 rings (SSSR count). The second-order valence-corrected chi connectivity index (χ2v) is 11.1. The normalized spacial score (nSPS) is 17.6. The molecule has 0 saturated heterocycles. The molecule has 4 aromatic carbocycles. The summed E-state index contributed by atoms with van der Waals surface area (Å²) in [5.41, 5.74) is 7.88. The van der Waals surface area contributed by atoms with Crippen LogP contribution in [-0.4, -0.2) is 0 Å². The molecule has 4 aromatic rings. The second kappa shape index (κ2) is 7.52. The summed E-state index contributed by atoms with van der Waals surface area (Å²) in [5, 5.41) is 2.77. The van der Waals surface area contributed by atoms with Crippen molar-refractivity contribution in [2.75, 3.05) is 0 Å². The summed E-state index contributed by atoms with van der Waals surface area (Å²) in [6.45, 7) is 6.25. The Bertz CT molecular complexity index is 1340. The Morgan fingerprint density at radius 3 is 1.61 bits per heavy atom. The molecule has 0 aromatic heterocycles. The molecule has 0 fully saturated rings. The van der Waals surface area contributed by atoms with Gasteiger partial charge in [0.25, 0.3) is 0 Å². The number of fused-ring (bicyclic) bond motifs is 1. The monoisotopic (exact) mass is 420 g/mol. The Morgan fingerprint density at radius 1 is 0.548 bits per heavy atom. The summed E-state index contributed by atoms with van der Waals surface area (Å²) in [7, 11) is -3.03. The lowest BCUT2D eigenvalue weighted by Crippen LogP contribution is -2.15. The molecule has 152 valence electrons. The Labute approximate surface area is 184 Å². The van der Waals surface area contributed by atoms with E-state index in [4.69, 9.17) is 0 Å². The van der Waals surface area contributed by atoms with Gasteiger partial charge in [-0.25, -0.2) is 0 Å². The van der Waals surface area contributed by atoms with Crippen molar-refractivity contribution in [2.45, 2.75) is 20.8 Å². The minimum absolute atomic E-state index is 0.892. The van der Waals surface area contributed by atoms with E-state index in [1.807, 2.05) is 30.3 Å². The number of benzene rings is 4. The van der Waals surface area contributed by atoms with Crippen molar-refractivity contribution >= 4 is 28.6 Å². The van der Waals surface area contributed by atoms with Crippen LogP contribution in [0.2, 0.25) is 0 Å². The van der Waals surface area contributed by atoms with E-state index in [1.54, 1.807) is 0 Å². The third-order valence-electron chi connectivity index (χ3n) is 6.13. The minimum Gasteiger partial charge on any atom is -0.309 e. The summed E-state index contributed by atoms with van der Waals surface area (Å²) in [6, 6.07) is 33.4. The minimum atomic E-state index is -3.03. The first-order chi connectivity index (χ1) is 15.0. The molecule has 0 aliphatic carbocycles.